The number of carbonyl (C=O) groups excluding carboxylic acids is 1. The lowest BCUT2D eigenvalue weighted by Crippen LogP contribution is -2.35. The van der Waals surface area contributed by atoms with Gasteiger partial charge in [0.2, 0.25) is 5.91 Å². The van der Waals surface area contributed by atoms with Crippen molar-refractivity contribution >= 4 is 40.5 Å². The van der Waals surface area contributed by atoms with Gasteiger partial charge in [-0.2, -0.15) is 0 Å². The number of non-ortho nitro benzene ring substituents is 1. The Balaban J connectivity index is 2.08. The van der Waals surface area contributed by atoms with E-state index in [4.69, 9.17) is 23.2 Å². The minimum absolute atomic E-state index is 0.0462. The number of halogens is 2. The topological polar surface area (TPSA) is 75.5 Å². The van der Waals surface area contributed by atoms with Gasteiger partial charge in [-0.05, 0) is 18.8 Å². The van der Waals surface area contributed by atoms with E-state index in [1.165, 1.54) is 12.1 Å². The largest absolute Gasteiger partial charge is 0.369 e. The van der Waals surface area contributed by atoms with E-state index in [0.29, 0.717) is 18.0 Å². The van der Waals surface area contributed by atoms with Crippen LogP contribution in [-0.4, -0.2) is 31.0 Å². The Morgan fingerprint density at radius 3 is 2.36 bits per heavy atom. The van der Waals surface area contributed by atoms with E-state index in [0.717, 1.165) is 25.9 Å². The first-order chi connectivity index (χ1) is 10.4. The fourth-order valence-corrected chi connectivity index (χ4v) is 3.40. The van der Waals surface area contributed by atoms with E-state index in [2.05, 4.69) is 5.32 Å². The predicted molar refractivity (Wildman–Crippen MR) is 86.7 cm³/mol. The van der Waals surface area contributed by atoms with Gasteiger partial charge >= 0.3 is 0 Å². The number of nitro benzene ring substituents is 1. The van der Waals surface area contributed by atoms with E-state index in [9.17, 15) is 14.9 Å². The maximum absolute atomic E-state index is 11.4. The van der Waals surface area contributed by atoms with Crippen LogP contribution in [0, 0.1) is 16.0 Å². The van der Waals surface area contributed by atoms with Crippen LogP contribution in [0.3, 0.4) is 0 Å². The lowest BCUT2D eigenvalue weighted by molar-refractivity contribution is -0.384. The molecule has 0 bridgehead atoms. The highest BCUT2D eigenvalue weighted by atomic mass is 35.5. The second kappa shape index (κ2) is 7.15. The number of rotatable bonds is 4. The highest BCUT2D eigenvalue weighted by Crippen LogP contribution is 2.39. The molecule has 0 atom stereocenters. The Kier molecular flexibility index (Phi) is 5.47. The molecule has 0 unspecified atom stereocenters. The van der Waals surface area contributed by atoms with Gasteiger partial charge in [-0.3, -0.25) is 14.9 Å². The molecule has 6 nitrogen and oxygen atoms in total. The number of benzene rings is 1. The fourth-order valence-electron chi connectivity index (χ4n) is 2.68. The highest BCUT2D eigenvalue weighted by Gasteiger charge is 2.25. The van der Waals surface area contributed by atoms with Gasteiger partial charge in [0.15, 0.2) is 0 Å². The summed E-state index contributed by atoms with van der Waals surface area (Å²) in [7, 11) is 1.63. The van der Waals surface area contributed by atoms with Gasteiger partial charge in [0.25, 0.3) is 5.69 Å². The summed E-state index contributed by atoms with van der Waals surface area (Å²) >= 11 is 12.3. The van der Waals surface area contributed by atoms with Crippen LogP contribution < -0.4 is 10.2 Å². The number of carbonyl (C=O) groups is 1. The zero-order valence-corrected chi connectivity index (χ0v) is 13.7. The summed E-state index contributed by atoms with van der Waals surface area (Å²) in [6.07, 6.45) is 2.24. The summed E-state index contributed by atoms with van der Waals surface area (Å²) in [6, 6.07) is 2.64. The van der Waals surface area contributed by atoms with Crippen LogP contribution in [0.2, 0.25) is 10.0 Å². The number of nitrogens with zero attached hydrogens (tertiary/aromatic N) is 2. The second-order valence-corrected chi connectivity index (χ2v) is 6.14. The molecule has 0 radical (unpaired) electrons. The van der Waals surface area contributed by atoms with Crippen molar-refractivity contribution in [3.8, 4) is 0 Å². The summed E-state index contributed by atoms with van der Waals surface area (Å²) in [5, 5.41) is 14.0. The van der Waals surface area contributed by atoms with E-state index in [-0.39, 0.29) is 21.6 Å². The SMILES string of the molecule is CNC(=O)CC1CCN(c2c(Cl)cc([N+](=O)[O-])cc2Cl)CC1. The maximum Gasteiger partial charge on any atom is 0.272 e. The Bertz CT molecular complexity index is 564. The van der Waals surface area contributed by atoms with Gasteiger partial charge < -0.3 is 10.2 Å². The van der Waals surface area contributed by atoms with Crippen molar-refractivity contribution in [3.05, 3.63) is 32.3 Å². The average molecular weight is 346 g/mol. The molecule has 8 heteroatoms. The van der Waals surface area contributed by atoms with Crippen molar-refractivity contribution in [2.75, 3.05) is 25.0 Å². The first-order valence-electron chi connectivity index (χ1n) is 7.01. The van der Waals surface area contributed by atoms with Crippen LogP contribution in [0.1, 0.15) is 19.3 Å². The van der Waals surface area contributed by atoms with Crippen LogP contribution in [0.5, 0.6) is 0 Å². The summed E-state index contributed by atoms with van der Waals surface area (Å²) in [6.45, 7) is 1.44. The molecule has 1 aromatic carbocycles. The number of hydrogen-bond donors (Lipinski definition) is 1. The molecule has 1 aromatic rings. The van der Waals surface area contributed by atoms with Crippen LogP contribution in [-0.2, 0) is 4.79 Å². The lowest BCUT2D eigenvalue weighted by atomic mass is 9.93. The smallest absolute Gasteiger partial charge is 0.272 e. The van der Waals surface area contributed by atoms with Gasteiger partial charge in [-0.25, -0.2) is 0 Å². The third-order valence-electron chi connectivity index (χ3n) is 3.90. The lowest BCUT2D eigenvalue weighted by Gasteiger charge is -2.34. The van der Waals surface area contributed by atoms with Crippen molar-refractivity contribution in [1.29, 1.82) is 0 Å². The van der Waals surface area contributed by atoms with Crippen molar-refractivity contribution < 1.29 is 9.72 Å². The number of nitrogens with one attached hydrogen (secondary N) is 1. The van der Waals surface area contributed by atoms with Crippen molar-refractivity contribution in [2.24, 2.45) is 5.92 Å². The Morgan fingerprint density at radius 2 is 1.91 bits per heavy atom. The molecule has 1 heterocycles. The molecule has 0 aliphatic carbocycles. The normalized spacial score (nSPS) is 15.7. The minimum Gasteiger partial charge on any atom is -0.369 e. The summed E-state index contributed by atoms with van der Waals surface area (Å²) in [5.74, 6) is 0.386. The molecular formula is C14H17Cl2N3O3. The molecule has 1 fully saturated rings. The number of amides is 1. The molecular weight excluding hydrogens is 329 g/mol. The Labute approximate surface area is 138 Å². The van der Waals surface area contributed by atoms with Gasteiger partial charge in [-0.15, -0.1) is 0 Å². The molecule has 1 aliphatic heterocycles. The summed E-state index contributed by atoms with van der Waals surface area (Å²) in [5.41, 5.74) is 0.514. The molecule has 0 aromatic heterocycles. The fraction of sp³-hybridized carbons (Fsp3) is 0.500. The third-order valence-corrected chi connectivity index (χ3v) is 4.47. The maximum atomic E-state index is 11.4. The van der Waals surface area contributed by atoms with Crippen LogP contribution in [0.4, 0.5) is 11.4 Å². The van der Waals surface area contributed by atoms with Crippen LogP contribution >= 0.6 is 23.2 Å². The van der Waals surface area contributed by atoms with Crippen LogP contribution in [0.15, 0.2) is 12.1 Å². The monoisotopic (exact) mass is 345 g/mol. The zero-order valence-electron chi connectivity index (χ0n) is 12.1. The molecule has 1 aliphatic rings. The Morgan fingerprint density at radius 1 is 1.36 bits per heavy atom. The molecule has 22 heavy (non-hydrogen) atoms. The van der Waals surface area contributed by atoms with E-state index >= 15 is 0 Å². The highest BCUT2D eigenvalue weighted by molar-refractivity contribution is 6.39. The van der Waals surface area contributed by atoms with Crippen molar-refractivity contribution in [1.82, 2.24) is 5.32 Å². The molecule has 120 valence electrons. The third kappa shape index (κ3) is 3.81. The predicted octanol–water partition coefficient (Wildman–Crippen LogP) is 3.25. The quantitative estimate of drug-likeness (QED) is 0.671. The zero-order chi connectivity index (χ0) is 16.3. The van der Waals surface area contributed by atoms with Gasteiger partial charge in [0.1, 0.15) is 0 Å². The minimum atomic E-state index is -0.517. The van der Waals surface area contributed by atoms with E-state index in [1.54, 1.807) is 7.05 Å². The summed E-state index contributed by atoms with van der Waals surface area (Å²) in [4.78, 5) is 23.7. The van der Waals surface area contributed by atoms with Crippen LogP contribution in [0.25, 0.3) is 0 Å². The van der Waals surface area contributed by atoms with Crippen molar-refractivity contribution in [2.45, 2.75) is 19.3 Å². The van der Waals surface area contributed by atoms with Crippen molar-refractivity contribution in [3.63, 3.8) is 0 Å². The molecule has 0 spiro atoms. The standard InChI is InChI=1S/C14H17Cl2N3O3/c1-17-13(20)6-9-2-4-18(5-3-9)14-11(15)7-10(19(21)22)8-12(14)16/h7-9H,2-6H2,1H3,(H,17,20). The number of nitro groups is 1. The Hall–Kier alpha value is -1.53. The van der Waals surface area contributed by atoms with E-state index < -0.39 is 4.92 Å². The first-order valence-corrected chi connectivity index (χ1v) is 7.77. The molecule has 0 saturated carbocycles. The van der Waals surface area contributed by atoms with Gasteiger partial charge in [0, 0.05) is 38.7 Å². The molecule has 1 N–H and O–H groups in total. The molecule has 1 amide bonds. The molecule has 2 rings (SSSR count). The number of anilines is 1. The van der Waals surface area contributed by atoms with Gasteiger partial charge in [0.05, 0.1) is 20.7 Å². The first kappa shape index (κ1) is 16.8. The van der Waals surface area contributed by atoms with E-state index in [1.807, 2.05) is 4.90 Å². The second-order valence-electron chi connectivity index (χ2n) is 5.32. The average Bonchev–Trinajstić information content (AvgIpc) is 2.48. The number of hydrogen-bond acceptors (Lipinski definition) is 4. The number of piperidine rings is 1. The summed E-state index contributed by atoms with van der Waals surface area (Å²) < 4.78 is 0. The van der Waals surface area contributed by atoms with Gasteiger partial charge in [-0.1, -0.05) is 23.2 Å². The molecule has 1 saturated heterocycles.